The second kappa shape index (κ2) is 14.3. The van der Waals surface area contributed by atoms with Crippen LogP contribution in [0.1, 0.15) is 69.8 Å². The molecule has 0 radical (unpaired) electrons. The molecule has 2 aliphatic carbocycles. The molecule has 0 fully saturated rings. The zero-order chi connectivity index (χ0) is 19.3. The number of fused-ring (bicyclic) bond motifs is 1. The number of allylic oxidation sites excluding steroid dienone is 5. The Morgan fingerprint density at radius 1 is 0.967 bits per heavy atom. The van der Waals surface area contributed by atoms with E-state index in [9.17, 15) is 0 Å². The van der Waals surface area contributed by atoms with Gasteiger partial charge in [-0.25, -0.2) is 0 Å². The van der Waals surface area contributed by atoms with Crippen LogP contribution in [0, 0.1) is 5.92 Å². The van der Waals surface area contributed by atoms with E-state index in [1.807, 2.05) is 0 Å². The zero-order valence-corrected chi connectivity index (χ0v) is 23.9. The summed E-state index contributed by atoms with van der Waals surface area (Å²) in [7, 11) is -1.65. The number of rotatable bonds is 10. The van der Waals surface area contributed by atoms with E-state index < -0.39 is 8.32 Å². The van der Waals surface area contributed by atoms with E-state index in [4.69, 9.17) is 4.43 Å². The molecule has 0 aromatic heterocycles. The molecule has 164 valence electrons. The minimum absolute atomic E-state index is 0. The molecule has 0 aliphatic heterocycles. The molecule has 3 rings (SSSR count). The van der Waals surface area contributed by atoms with Crippen LogP contribution in [0.5, 0.6) is 0 Å². The Balaban J connectivity index is 0.00000280. The molecule has 2 atom stereocenters. The van der Waals surface area contributed by atoms with Crippen LogP contribution < -0.4 is 24.8 Å². The van der Waals surface area contributed by atoms with Crippen molar-refractivity contribution in [1.29, 1.82) is 0 Å². The van der Waals surface area contributed by atoms with Crippen molar-refractivity contribution in [2.45, 2.75) is 77.6 Å². The standard InChI is InChI=1S/C25H36OSi.2ClH.Zr/c1-5-27(6-2,7-3)26-25(19-18-20(4)21-12-8-9-13-21)24-17-11-15-22-14-10-16-23(22)24;;;/h8-12,15-17,20,25H,5-7,13-14,18-19H2,1-4H3;2*1H;/q;;;+2/p-2. The van der Waals surface area contributed by atoms with Gasteiger partial charge in [-0.15, -0.1) is 0 Å². The van der Waals surface area contributed by atoms with Gasteiger partial charge in [-0.2, -0.15) is 0 Å². The van der Waals surface area contributed by atoms with Gasteiger partial charge in [0, 0.05) is 0 Å². The van der Waals surface area contributed by atoms with Gasteiger partial charge in [0.25, 0.3) is 0 Å². The summed E-state index contributed by atoms with van der Waals surface area (Å²) in [6.45, 7) is 9.39. The van der Waals surface area contributed by atoms with Crippen molar-refractivity contribution in [3.8, 4) is 0 Å². The fraction of sp³-hybridized carbons (Fsp3) is 0.520. The van der Waals surface area contributed by atoms with Gasteiger partial charge < -0.3 is 29.2 Å². The smallest absolute Gasteiger partial charge is 1.00 e. The van der Waals surface area contributed by atoms with Crippen molar-refractivity contribution >= 4 is 14.4 Å². The van der Waals surface area contributed by atoms with Gasteiger partial charge in [-0.3, -0.25) is 0 Å². The first kappa shape index (κ1) is 30.1. The second-order valence-electron chi connectivity index (χ2n) is 8.23. The van der Waals surface area contributed by atoms with E-state index >= 15 is 0 Å². The van der Waals surface area contributed by atoms with Crippen molar-refractivity contribution in [3.05, 3.63) is 64.8 Å². The van der Waals surface area contributed by atoms with E-state index in [1.54, 1.807) is 5.57 Å². The van der Waals surface area contributed by atoms with Gasteiger partial charge in [0.2, 0.25) is 0 Å². The third-order valence-corrected chi connectivity index (χ3v) is 11.5. The molecule has 0 heterocycles. The molecule has 0 spiro atoms. The summed E-state index contributed by atoms with van der Waals surface area (Å²) in [6.07, 6.45) is 16.2. The number of benzene rings is 1. The summed E-state index contributed by atoms with van der Waals surface area (Å²) < 4.78 is 7.08. The van der Waals surface area contributed by atoms with Crippen LogP contribution in [0.4, 0.5) is 0 Å². The normalized spacial score (nSPS) is 16.1. The summed E-state index contributed by atoms with van der Waals surface area (Å²) >= 11 is 0. The minimum Gasteiger partial charge on any atom is -1.00 e. The first-order valence-corrected chi connectivity index (χ1v) is 13.5. The van der Waals surface area contributed by atoms with Crippen LogP contribution in [0.15, 0.2) is 48.1 Å². The van der Waals surface area contributed by atoms with Gasteiger partial charge in [-0.1, -0.05) is 81.8 Å². The molecule has 0 amide bonds. The van der Waals surface area contributed by atoms with Crippen molar-refractivity contribution < 1.29 is 55.4 Å². The number of halogens is 2. The third-order valence-electron chi connectivity index (χ3n) is 6.82. The Hall–Kier alpha value is 0.0800. The second-order valence-corrected chi connectivity index (χ2v) is 13.0. The van der Waals surface area contributed by atoms with Gasteiger partial charge in [0.15, 0.2) is 8.32 Å². The molecule has 2 unspecified atom stereocenters. The first-order valence-electron chi connectivity index (χ1n) is 10.9. The minimum atomic E-state index is -1.65. The van der Waals surface area contributed by atoms with Gasteiger partial charge in [0.1, 0.15) is 0 Å². The van der Waals surface area contributed by atoms with Crippen LogP contribution in [-0.4, -0.2) is 8.32 Å². The predicted molar refractivity (Wildman–Crippen MR) is 120 cm³/mol. The van der Waals surface area contributed by atoms with Gasteiger partial charge >= 0.3 is 26.2 Å². The van der Waals surface area contributed by atoms with Crippen LogP contribution in [0.3, 0.4) is 0 Å². The van der Waals surface area contributed by atoms with E-state index in [1.165, 1.54) is 41.2 Å². The average molecular weight is 543 g/mol. The molecule has 30 heavy (non-hydrogen) atoms. The Morgan fingerprint density at radius 2 is 1.67 bits per heavy atom. The summed E-state index contributed by atoms with van der Waals surface area (Å²) in [4.78, 5) is 0. The summed E-state index contributed by atoms with van der Waals surface area (Å²) in [5.74, 6) is 0.638. The van der Waals surface area contributed by atoms with Crippen molar-refractivity contribution in [3.63, 3.8) is 0 Å². The molecule has 1 aromatic carbocycles. The zero-order valence-electron chi connectivity index (χ0n) is 18.9. The Kier molecular flexibility index (Phi) is 14.3. The molecular formula is C25H36Cl2OSiZr. The topological polar surface area (TPSA) is 9.23 Å². The molecule has 0 bridgehead atoms. The molecule has 1 nitrogen and oxygen atoms in total. The summed E-state index contributed by atoms with van der Waals surface area (Å²) in [6, 6.07) is 10.5. The van der Waals surface area contributed by atoms with Crippen LogP contribution >= 0.6 is 0 Å². The maximum atomic E-state index is 7.08. The molecule has 2 aliphatic rings. The molecule has 1 aromatic rings. The van der Waals surface area contributed by atoms with E-state index in [2.05, 4.69) is 76.3 Å². The summed E-state index contributed by atoms with van der Waals surface area (Å²) in [5.41, 5.74) is 5.91. The quantitative estimate of drug-likeness (QED) is 0.409. The summed E-state index contributed by atoms with van der Waals surface area (Å²) in [5, 5.41) is 0. The maximum absolute atomic E-state index is 7.08. The van der Waals surface area contributed by atoms with Crippen LogP contribution in [-0.2, 0) is 37.1 Å². The largest absolute Gasteiger partial charge is 2.00 e. The molecule has 0 saturated carbocycles. The SMILES string of the molecule is CC[Si](CC)(CC)OC(CCC(C)C1=CC=CC1)c1cccc2c1C=CC2.[Cl-].[Cl-].[Zr+2]. The Bertz CT molecular complexity index is 732. The first-order chi connectivity index (χ1) is 13.1. The maximum Gasteiger partial charge on any atom is 2.00 e. The third kappa shape index (κ3) is 7.04. The van der Waals surface area contributed by atoms with Gasteiger partial charge in [-0.05, 0) is 66.4 Å². The molecule has 5 heteroatoms. The van der Waals surface area contributed by atoms with Crippen molar-refractivity contribution in [2.75, 3.05) is 0 Å². The van der Waals surface area contributed by atoms with E-state index in [0.29, 0.717) is 5.92 Å². The molecule has 0 N–H and O–H groups in total. The number of hydrogen-bond donors (Lipinski definition) is 0. The molecular weight excluding hydrogens is 506 g/mol. The van der Waals surface area contributed by atoms with Crippen LogP contribution in [0.2, 0.25) is 18.1 Å². The monoisotopic (exact) mass is 540 g/mol. The predicted octanol–water partition coefficient (Wildman–Crippen LogP) is 1.63. The number of hydrogen-bond acceptors (Lipinski definition) is 1. The fourth-order valence-corrected chi connectivity index (χ4v) is 7.44. The van der Waals surface area contributed by atoms with Crippen LogP contribution in [0.25, 0.3) is 6.08 Å². The Morgan fingerprint density at radius 3 is 2.27 bits per heavy atom. The van der Waals surface area contributed by atoms with E-state index in [0.717, 1.165) is 19.3 Å². The average Bonchev–Trinajstić information content (AvgIpc) is 3.40. The van der Waals surface area contributed by atoms with Crippen molar-refractivity contribution in [1.82, 2.24) is 0 Å². The van der Waals surface area contributed by atoms with Crippen molar-refractivity contribution in [2.24, 2.45) is 5.92 Å². The Labute approximate surface area is 216 Å². The van der Waals surface area contributed by atoms with E-state index in [-0.39, 0.29) is 57.1 Å². The fourth-order valence-electron chi connectivity index (χ4n) is 4.59. The molecule has 0 saturated heterocycles. The van der Waals surface area contributed by atoms with Gasteiger partial charge in [0.05, 0.1) is 6.10 Å².